The second-order valence-corrected chi connectivity index (χ2v) is 4.94. The lowest BCUT2D eigenvalue weighted by Gasteiger charge is -2.09. The Bertz CT molecular complexity index is 1150. The van der Waals surface area contributed by atoms with E-state index in [2.05, 4.69) is 0 Å². The molecule has 0 saturated carbocycles. The maximum atomic E-state index is 12.2. The first-order valence-corrected chi connectivity index (χ1v) is 6.31. The monoisotopic (exact) mass is 277 g/mol. The van der Waals surface area contributed by atoms with Crippen LogP contribution in [0, 0.1) is 10.1 Å². The van der Waals surface area contributed by atoms with Gasteiger partial charge in [0.25, 0.3) is 5.69 Å². The van der Waals surface area contributed by atoms with Gasteiger partial charge in [-0.3, -0.25) is 19.7 Å². The third kappa shape index (κ3) is 1.34. The summed E-state index contributed by atoms with van der Waals surface area (Å²) < 4.78 is 0. The molecule has 0 N–H and O–H groups in total. The molecule has 0 aromatic heterocycles. The summed E-state index contributed by atoms with van der Waals surface area (Å²) in [5, 5.41) is 13.9. The zero-order valence-corrected chi connectivity index (χ0v) is 10.6. The van der Waals surface area contributed by atoms with Crippen molar-refractivity contribution in [2.75, 3.05) is 0 Å². The van der Waals surface area contributed by atoms with Gasteiger partial charge in [0.1, 0.15) is 0 Å². The molecule has 0 aliphatic rings. The molecule has 4 aromatic rings. The molecule has 0 bridgehead atoms. The minimum absolute atomic E-state index is 0.0568. The molecule has 4 rings (SSSR count). The van der Waals surface area contributed by atoms with E-state index >= 15 is 0 Å². The van der Waals surface area contributed by atoms with Crippen molar-refractivity contribution in [1.82, 2.24) is 0 Å². The van der Waals surface area contributed by atoms with Crippen LogP contribution in [0.25, 0.3) is 32.3 Å². The van der Waals surface area contributed by atoms with Crippen molar-refractivity contribution >= 4 is 38.0 Å². The first-order valence-electron chi connectivity index (χ1n) is 6.31. The number of nitro benzene ring substituents is 1. The number of nitro groups is 1. The number of non-ortho nitro benzene ring substituents is 1. The Morgan fingerprint density at radius 2 is 1.38 bits per heavy atom. The third-order valence-corrected chi connectivity index (χ3v) is 3.87. The average molecular weight is 277 g/mol. The molecule has 0 atom stereocenters. The van der Waals surface area contributed by atoms with Crippen molar-refractivity contribution in [1.29, 1.82) is 0 Å². The molecule has 0 amide bonds. The van der Waals surface area contributed by atoms with Gasteiger partial charge in [0.15, 0.2) is 0 Å². The number of hydrogen-bond donors (Lipinski definition) is 0. The van der Waals surface area contributed by atoms with Gasteiger partial charge in [-0.1, -0.05) is 30.3 Å². The number of nitrogens with zero attached hydrogens (tertiary/aromatic N) is 1. The SMILES string of the molecule is O=c1c(=O)c2cccc3c([N+](=O)[O-])cc4cccc1c4c32. The van der Waals surface area contributed by atoms with Crippen LogP contribution < -0.4 is 10.9 Å². The molecule has 100 valence electrons. The maximum Gasteiger partial charge on any atom is 0.277 e. The van der Waals surface area contributed by atoms with E-state index in [1.54, 1.807) is 36.4 Å². The fraction of sp³-hybridized carbons (Fsp3) is 0. The van der Waals surface area contributed by atoms with Crippen LogP contribution in [0.15, 0.2) is 52.1 Å². The Balaban J connectivity index is 2.53. The van der Waals surface area contributed by atoms with Crippen LogP contribution in [0.5, 0.6) is 0 Å². The van der Waals surface area contributed by atoms with Gasteiger partial charge in [-0.2, -0.15) is 0 Å². The van der Waals surface area contributed by atoms with E-state index in [4.69, 9.17) is 0 Å². The van der Waals surface area contributed by atoms with Gasteiger partial charge in [-0.05, 0) is 11.5 Å². The summed E-state index contributed by atoms with van der Waals surface area (Å²) in [6.07, 6.45) is 0. The molecule has 21 heavy (non-hydrogen) atoms. The quantitative estimate of drug-likeness (QED) is 0.232. The van der Waals surface area contributed by atoms with Gasteiger partial charge < -0.3 is 0 Å². The van der Waals surface area contributed by atoms with E-state index in [-0.39, 0.29) is 11.1 Å². The van der Waals surface area contributed by atoms with Gasteiger partial charge in [0.2, 0.25) is 10.9 Å². The molecule has 0 heterocycles. The van der Waals surface area contributed by atoms with Crippen LogP contribution in [0.2, 0.25) is 0 Å². The molecule has 0 radical (unpaired) electrons. The first-order chi connectivity index (χ1) is 10.1. The summed E-state index contributed by atoms with van der Waals surface area (Å²) in [5.41, 5.74) is -1.23. The molecular weight excluding hydrogens is 270 g/mol. The fourth-order valence-corrected chi connectivity index (χ4v) is 3.00. The molecule has 0 aliphatic carbocycles. The summed E-state index contributed by atoms with van der Waals surface area (Å²) in [7, 11) is 0. The highest BCUT2D eigenvalue weighted by atomic mass is 16.6. The van der Waals surface area contributed by atoms with E-state index in [0.29, 0.717) is 26.9 Å². The average Bonchev–Trinajstić information content (AvgIpc) is 2.50. The molecule has 5 nitrogen and oxygen atoms in total. The van der Waals surface area contributed by atoms with Crippen molar-refractivity contribution < 1.29 is 4.92 Å². The lowest BCUT2D eigenvalue weighted by atomic mass is 9.93. The minimum atomic E-state index is -0.610. The lowest BCUT2D eigenvalue weighted by Crippen LogP contribution is -2.24. The fourth-order valence-electron chi connectivity index (χ4n) is 3.00. The van der Waals surface area contributed by atoms with Crippen LogP contribution in [0.4, 0.5) is 5.69 Å². The van der Waals surface area contributed by atoms with Crippen LogP contribution in [-0.2, 0) is 0 Å². The molecule has 0 unspecified atom stereocenters. The van der Waals surface area contributed by atoms with Crippen molar-refractivity contribution in [3.63, 3.8) is 0 Å². The summed E-state index contributed by atoms with van der Waals surface area (Å²) in [4.78, 5) is 35.2. The second-order valence-electron chi connectivity index (χ2n) is 4.94. The van der Waals surface area contributed by atoms with Crippen molar-refractivity contribution in [2.24, 2.45) is 0 Å². The normalized spacial score (nSPS) is 11.6. The van der Waals surface area contributed by atoms with Crippen molar-refractivity contribution in [2.45, 2.75) is 0 Å². The highest BCUT2D eigenvalue weighted by Gasteiger charge is 2.20. The predicted molar refractivity (Wildman–Crippen MR) is 80.5 cm³/mol. The topological polar surface area (TPSA) is 77.3 Å². The smallest absolute Gasteiger partial charge is 0.277 e. The van der Waals surface area contributed by atoms with E-state index < -0.39 is 15.8 Å². The Kier molecular flexibility index (Phi) is 2.08. The van der Waals surface area contributed by atoms with Crippen molar-refractivity contribution in [3.05, 3.63) is 73.0 Å². The highest BCUT2D eigenvalue weighted by molar-refractivity contribution is 6.25. The molecule has 0 aliphatic heterocycles. The standard InChI is InChI=1S/C16H7NO4/c18-15-10-5-1-3-8-7-12(17(20)21)9-4-2-6-11(16(15)19)14(9)13(8)10/h1-7H. The minimum Gasteiger partial charge on any atom is -0.285 e. The van der Waals surface area contributed by atoms with Gasteiger partial charge >= 0.3 is 0 Å². The summed E-state index contributed by atoms with van der Waals surface area (Å²) in [5.74, 6) is 0. The summed E-state index contributed by atoms with van der Waals surface area (Å²) >= 11 is 0. The molecular formula is C16H7NO4. The molecule has 4 aromatic carbocycles. The van der Waals surface area contributed by atoms with Crippen LogP contribution in [-0.4, -0.2) is 4.92 Å². The van der Waals surface area contributed by atoms with Crippen LogP contribution in [0.1, 0.15) is 0 Å². The Hall–Kier alpha value is -3.08. The summed E-state index contributed by atoms with van der Waals surface area (Å²) in [6.45, 7) is 0. The second kappa shape index (κ2) is 3.73. The van der Waals surface area contributed by atoms with E-state index in [1.807, 2.05) is 0 Å². The largest absolute Gasteiger partial charge is 0.285 e. The molecule has 0 spiro atoms. The van der Waals surface area contributed by atoms with E-state index in [1.165, 1.54) is 6.07 Å². The van der Waals surface area contributed by atoms with E-state index in [0.717, 1.165) is 0 Å². The Labute approximate surface area is 116 Å². The lowest BCUT2D eigenvalue weighted by molar-refractivity contribution is -0.382. The number of benzene rings is 4. The Morgan fingerprint density at radius 3 is 2.05 bits per heavy atom. The van der Waals surface area contributed by atoms with Gasteiger partial charge in [-0.15, -0.1) is 0 Å². The van der Waals surface area contributed by atoms with Gasteiger partial charge in [0, 0.05) is 27.6 Å². The third-order valence-electron chi connectivity index (χ3n) is 3.87. The number of hydrogen-bond acceptors (Lipinski definition) is 4. The zero-order chi connectivity index (χ0) is 14.7. The summed E-state index contributed by atoms with van der Waals surface area (Å²) in [6, 6.07) is 11.1. The van der Waals surface area contributed by atoms with Crippen LogP contribution in [0.3, 0.4) is 0 Å². The maximum absolute atomic E-state index is 12.2. The van der Waals surface area contributed by atoms with Gasteiger partial charge in [-0.25, -0.2) is 0 Å². The zero-order valence-electron chi connectivity index (χ0n) is 10.6. The predicted octanol–water partition coefficient (Wildman–Crippen LogP) is 2.65. The highest BCUT2D eigenvalue weighted by Crippen LogP contribution is 2.36. The van der Waals surface area contributed by atoms with Crippen molar-refractivity contribution in [3.8, 4) is 0 Å². The number of rotatable bonds is 1. The van der Waals surface area contributed by atoms with Crippen LogP contribution >= 0.6 is 0 Å². The Morgan fingerprint density at radius 1 is 0.810 bits per heavy atom. The molecule has 0 saturated heterocycles. The molecule has 5 heteroatoms. The first kappa shape index (κ1) is 11.7. The molecule has 0 fully saturated rings. The van der Waals surface area contributed by atoms with Gasteiger partial charge in [0.05, 0.1) is 10.3 Å². The van der Waals surface area contributed by atoms with E-state index in [9.17, 15) is 19.7 Å².